The van der Waals surface area contributed by atoms with Gasteiger partial charge in [0.25, 0.3) is 5.56 Å². The fraction of sp³-hybridized carbons (Fsp3) is 0.0833. The Labute approximate surface area is 187 Å². The third kappa shape index (κ3) is 4.13. The maximum Gasteiger partial charge on any atom is 0.337 e. The van der Waals surface area contributed by atoms with Gasteiger partial charge in [-0.25, -0.2) is 9.78 Å². The lowest BCUT2D eigenvalue weighted by molar-refractivity contribution is -0.117. The fourth-order valence-corrected chi connectivity index (χ4v) is 4.38. The van der Waals surface area contributed by atoms with E-state index >= 15 is 0 Å². The number of primary amides is 1. The summed E-state index contributed by atoms with van der Waals surface area (Å²) in [6.45, 7) is 0. The molecule has 2 N–H and O–H groups in total. The molecule has 1 aromatic heterocycles. The minimum atomic E-state index is -0.765. The fourth-order valence-electron chi connectivity index (χ4n) is 3.32. The standard InChI is InChI=1S/C24H19N3O4S/c1-31-23(30)16-12-13-18-19(14-16)26-24(27(22(18)29)17-10-6-3-7-11-17)32-20(21(25)28)15-8-4-2-5-9-15/h2-14,20H,1H3,(H2,25,28). The molecule has 4 rings (SSSR count). The molecule has 8 heteroatoms. The Kier molecular flexibility index (Phi) is 6.04. The molecule has 0 saturated heterocycles. The van der Waals surface area contributed by atoms with E-state index in [0.717, 1.165) is 11.8 Å². The second kappa shape index (κ2) is 9.07. The lowest BCUT2D eigenvalue weighted by Gasteiger charge is -2.17. The lowest BCUT2D eigenvalue weighted by atomic mass is 10.1. The van der Waals surface area contributed by atoms with Gasteiger partial charge in [0.15, 0.2) is 5.16 Å². The number of benzene rings is 3. The largest absolute Gasteiger partial charge is 0.465 e. The van der Waals surface area contributed by atoms with Crippen LogP contribution >= 0.6 is 11.8 Å². The van der Waals surface area contributed by atoms with Crippen molar-refractivity contribution in [2.24, 2.45) is 5.73 Å². The number of fused-ring (bicyclic) bond motifs is 1. The molecule has 7 nitrogen and oxygen atoms in total. The molecule has 0 bridgehead atoms. The number of hydrogen-bond donors (Lipinski definition) is 1. The highest BCUT2D eigenvalue weighted by Gasteiger charge is 2.24. The second-order valence-electron chi connectivity index (χ2n) is 6.90. The smallest absolute Gasteiger partial charge is 0.337 e. The lowest BCUT2D eigenvalue weighted by Crippen LogP contribution is -2.24. The van der Waals surface area contributed by atoms with Crippen molar-refractivity contribution in [3.05, 3.63) is 100 Å². The summed E-state index contributed by atoms with van der Waals surface area (Å²) in [6, 6.07) is 22.7. The molecule has 0 fully saturated rings. The van der Waals surface area contributed by atoms with Gasteiger partial charge in [-0.15, -0.1) is 0 Å². The van der Waals surface area contributed by atoms with E-state index in [1.807, 2.05) is 36.4 Å². The number of para-hydroxylation sites is 1. The number of thioether (sulfide) groups is 1. The summed E-state index contributed by atoms with van der Waals surface area (Å²) in [4.78, 5) is 42.4. The van der Waals surface area contributed by atoms with Gasteiger partial charge >= 0.3 is 5.97 Å². The van der Waals surface area contributed by atoms with Gasteiger partial charge in [-0.05, 0) is 35.9 Å². The van der Waals surface area contributed by atoms with Gasteiger partial charge in [-0.2, -0.15) is 0 Å². The molecular formula is C24H19N3O4S. The highest BCUT2D eigenvalue weighted by Crippen LogP contribution is 2.35. The van der Waals surface area contributed by atoms with E-state index < -0.39 is 17.1 Å². The molecule has 0 aliphatic rings. The van der Waals surface area contributed by atoms with Crippen LogP contribution in [0.1, 0.15) is 21.2 Å². The van der Waals surface area contributed by atoms with Crippen LogP contribution in [0.4, 0.5) is 0 Å². The summed E-state index contributed by atoms with van der Waals surface area (Å²) in [7, 11) is 1.28. The Morgan fingerprint density at radius 1 is 1.00 bits per heavy atom. The topological polar surface area (TPSA) is 104 Å². The Balaban J connectivity index is 1.94. The minimum Gasteiger partial charge on any atom is -0.465 e. The molecule has 1 atom stereocenters. The van der Waals surface area contributed by atoms with E-state index in [0.29, 0.717) is 22.2 Å². The number of hydrogen-bond acceptors (Lipinski definition) is 6. The van der Waals surface area contributed by atoms with Crippen LogP contribution in [-0.4, -0.2) is 28.5 Å². The normalized spacial score (nSPS) is 11.8. The predicted octanol–water partition coefficient (Wildman–Crippen LogP) is 3.49. The highest BCUT2D eigenvalue weighted by molar-refractivity contribution is 8.00. The van der Waals surface area contributed by atoms with Gasteiger partial charge in [0.1, 0.15) is 5.25 Å². The summed E-state index contributed by atoms with van der Waals surface area (Å²) >= 11 is 1.08. The van der Waals surface area contributed by atoms with E-state index in [2.05, 4.69) is 4.98 Å². The third-order valence-corrected chi connectivity index (χ3v) is 6.08. The first-order valence-corrected chi connectivity index (χ1v) is 10.6. The summed E-state index contributed by atoms with van der Waals surface area (Å²) in [5.41, 5.74) is 7.27. The number of carbonyl (C=O) groups excluding carboxylic acids is 2. The molecule has 0 saturated carbocycles. The van der Waals surface area contributed by atoms with Crippen LogP contribution in [0.2, 0.25) is 0 Å². The summed E-state index contributed by atoms with van der Waals surface area (Å²) in [6.07, 6.45) is 0. The van der Waals surface area contributed by atoms with Gasteiger partial charge in [-0.1, -0.05) is 60.3 Å². The van der Waals surface area contributed by atoms with Crippen molar-refractivity contribution < 1.29 is 14.3 Å². The van der Waals surface area contributed by atoms with Crippen molar-refractivity contribution in [3.8, 4) is 5.69 Å². The number of ether oxygens (including phenoxy) is 1. The first kappa shape index (κ1) is 21.3. The van der Waals surface area contributed by atoms with Crippen LogP contribution in [0.3, 0.4) is 0 Å². The van der Waals surface area contributed by atoms with Crippen molar-refractivity contribution in [1.82, 2.24) is 9.55 Å². The van der Waals surface area contributed by atoms with Crippen molar-refractivity contribution in [3.63, 3.8) is 0 Å². The molecule has 160 valence electrons. The average Bonchev–Trinajstić information content (AvgIpc) is 2.82. The van der Waals surface area contributed by atoms with E-state index in [1.165, 1.54) is 23.8 Å². The average molecular weight is 446 g/mol. The Morgan fingerprint density at radius 3 is 2.28 bits per heavy atom. The van der Waals surface area contributed by atoms with Crippen LogP contribution in [-0.2, 0) is 9.53 Å². The zero-order valence-corrected chi connectivity index (χ0v) is 17.9. The molecule has 3 aromatic carbocycles. The quantitative estimate of drug-likeness (QED) is 0.277. The highest BCUT2D eigenvalue weighted by atomic mass is 32.2. The van der Waals surface area contributed by atoms with Gasteiger partial charge in [0.05, 0.1) is 29.3 Å². The first-order valence-electron chi connectivity index (χ1n) is 9.71. The Morgan fingerprint density at radius 2 is 1.66 bits per heavy atom. The Hall–Kier alpha value is -3.91. The van der Waals surface area contributed by atoms with Crippen molar-refractivity contribution in [2.75, 3.05) is 7.11 Å². The molecule has 0 aliphatic heterocycles. The van der Waals surface area contributed by atoms with Crippen molar-refractivity contribution in [2.45, 2.75) is 10.4 Å². The summed E-state index contributed by atoms with van der Waals surface area (Å²) in [5.74, 6) is -1.09. The molecule has 0 spiro atoms. The monoisotopic (exact) mass is 445 g/mol. The minimum absolute atomic E-state index is 0.273. The van der Waals surface area contributed by atoms with Crippen LogP contribution in [0.25, 0.3) is 16.6 Å². The summed E-state index contributed by atoms with van der Waals surface area (Å²) < 4.78 is 6.22. The van der Waals surface area contributed by atoms with Crippen molar-refractivity contribution >= 4 is 34.5 Å². The molecule has 1 unspecified atom stereocenters. The van der Waals surface area contributed by atoms with Crippen LogP contribution in [0.15, 0.2) is 88.8 Å². The van der Waals surface area contributed by atoms with Crippen LogP contribution in [0.5, 0.6) is 0 Å². The number of rotatable bonds is 6. The zero-order chi connectivity index (χ0) is 22.7. The number of nitrogens with zero attached hydrogens (tertiary/aromatic N) is 2. The molecule has 4 aromatic rings. The van der Waals surface area contributed by atoms with Crippen LogP contribution < -0.4 is 11.3 Å². The SMILES string of the molecule is COC(=O)c1ccc2c(=O)n(-c3ccccc3)c(SC(C(N)=O)c3ccccc3)nc2c1. The first-order chi connectivity index (χ1) is 15.5. The third-order valence-electron chi connectivity index (χ3n) is 4.86. The molecule has 32 heavy (non-hydrogen) atoms. The number of esters is 1. The van der Waals surface area contributed by atoms with Gasteiger partial charge in [0, 0.05) is 0 Å². The molecule has 1 amide bonds. The van der Waals surface area contributed by atoms with Crippen LogP contribution in [0, 0.1) is 0 Å². The maximum atomic E-state index is 13.5. The van der Waals surface area contributed by atoms with Gasteiger partial charge in [0.2, 0.25) is 5.91 Å². The van der Waals surface area contributed by atoms with E-state index in [1.54, 1.807) is 30.3 Å². The number of amides is 1. The number of methoxy groups -OCH3 is 1. The number of carbonyl (C=O) groups is 2. The maximum absolute atomic E-state index is 13.5. The number of nitrogens with two attached hydrogens (primary N) is 1. The van der Waals surface area contributed by atoms with Gasteiger partial charge < -0.3 is 10.5 Å². The van der Waals surface area contributed by atoms with E-state index in [9.17, 15) is 14.4 Å². The molecule has 1 heterocycles. The summed E-state index contributed by atoms with van der Waals surface area (Å²) in [5, 5.41) is -0.149. The van der Waals surface area contributed by atoms with E-state index in [4.69, 9.17) is 10.5 Å². The molecule has 0 radical (unpaired) electrons. The Bertz CT molecular complexity index is 1350. The molecule has 0 aliphatic carbocycles. The second-order valence-corrected chi connectivity index (χ2v) is 7.98. The van der Waals surface area contributed by atoms with E-state index in [-0.39, 0.29) is 16.3 Å². The van der Waals surface area contributed by atoms with Crippen molar-refractivity contribution in [1.29, 1.82) is 0 Å². The molecular weight excluding hydrogens is 426 g/mol. The van der Waals surface area contributed by atoms with Gasteiger partial charge in [-0.3, -0.25) is 14.2 Å². The predicted molar refractivity (Wildman–Crippen MR) is 123 cm³/mol. The zero-order valence-electron chi connectivity index (χ0n) is 17.1. The number of aromatic nitrogens is 2.